The molecular formula is C27H30F2N4OS. The number of carbonyl (C=O) groups excluding carboxylic acids is 1. The van der Waals surface area contributed by atoms with Gasteiger partial charge in [-0.25, -0.2) is 17.9 Å². The van der Waals surface area contributed by atoms with E-state index in [1.54, 1.807) is 11.6 Å². The van der Waals surface area contributed by atoms with Crippen LogP contribution in [-0.4, -0.2) is 23.1 Å². The van der Waals surface area contributed by atoms with Crippen LogP contribution >= 0.6 is 0 Å². The number of aryl methyl sites for hydroxylation is 2. The molecule has 1 amide bonds. The first-order valence-electron chi connectivity index (χ1n) is 11.7. The van der Waals surface area contributed by atoms with Crippen LogP contribution in [0.25, 0.3) is 6.08 Å². The topological polar surface area (TPSA) is 58.4 Å². The molecule has 0 spiro atoms. The maximum atomic E-state index is 13.6. The molecule has 4 rings (SSSR count). The molecule has 0 radical (unpaired) electrons. The van der Waals surface area contributed by atoms with Crippen molar-refractivity contribution in [3.63, 3.8) is 0 Å². The summed E-state index contributed by atoms with van der Waals surface area (Å²) in [7, 11) is 1.21. The van der Waals surface area contributed by atoms with Crippen LogP contribution in [0.2, 0.25) is 0 Å². The van der Waals surface area contributed by atoms with Crippen molar-refractivity contribution in [1.29, 1.82) is 0 Å². The average Bonchev–Trinajstić information content (AvgIpc) is 3.08. The van der Waals surface area contributed by atoms with Crippen LogP contribution in [-0.2, 0) is 24.3 Å². The molecule has 8 heteroatoms. The quantitative estimate of drug-likeness (QED) is 0.428. The minimum atomic E-state index is -1.01. The zero-order chi connectivity index (χ0) is 24.9. The Hall–Kier alpha value is -3.10. The van der Waals surface area contributed by atoms with E-state index in [1.807, 2.05) is 25.3 Å². The number of benzene rings is 2. The van der Waals surface area contributed by atoms with Gasteiger partial charge in [-0.05, 0) is 43.4 Å². The van der Waals surface area contributed by atoms with E-state index < -0.39 is 22.5 Å². The van der Waals surface area contributed by atoms with Gasteiger partial charge in [-0.2, -0.15) is 0 Å². The third-order valence-electron chi connectivity index (χ3n) is 6.11. The summed E-state index contributed by atoms with van der Waals surface area (Å²) in [4.78, 5) is 14.1. The lowest BCUT2D eigenvalue weighted by atomic mass is 9.94. The lowest BCUT2D eigenvalue weighted by Gasteiger charge is -2.22. The number of halogens is 2. The number of rotatable bonds is 7. The van der Waals surface area contributed by atoms with Crippen LogP contribution < -0.4 is 10.0 Å². The maximum Gasteiger partial charge on any atom is 0.272 e. The second-order valence-electron chi connectivity index (χ2n) is 8.68. The van der Waals surface area contributed by atoms with Crippen LogP contribution in [0.3, 0.4) is 0 Å². The van der Waals surface area contributed by atoms with E-state index in [1.165, 1.54) is 11.6 Å². The number of anilines is 1. The predicted octanol–water partition coefficient (Wildman–Crippen LogP) is 5.91. The molecule has 2 aromatic carbocycles. The fourth-order valence-corrected chi connectivity index (χ4v) is 5.97. The zero-order valence-corrected chi connectivity index (χ0v) is 20.9. The number of carbonyl (C=O) groups is 1. The summed E-state index contributed by atoms with van der Waals surface area (Å²) in [5, 5.41) is 2.69. The van der Waals surface area contributed by atoms with Gasteiger partial charge in [0.05, 0.1) is 4.90 Å². The molecule has 35 heavy (non-hydrogen) atoms. The Morgan fingerprint density at radius 2 is 1.97 bits per heavy atom. The monoisotopic (exact) mass is 496 g/mol. The highest BCUT2D eigenvalue weighted by atomic mass is 32.2. The Morgan fingerprint density at radius 1 is 1.20 bits per heavy atom. The molecule has 0 aliphatic carbocycles. The average molecular weight is 497 g/mol. The van der Waals surface area contributed by atoms with Gasteiger partial charge in [-0.1, -0.05) is 49.4 Å². The molecule has 2 heterocycles. The lowest BCUT2D eigenvalue weighted by Crippen LogP contribution is -2.34. The van der Waals surface area contributed by atoms with Crippen molar-refractivity contribution in [1.82, 2.24) is 9.29 Å². The Bertz CT molecular complexity index is 1270. The van der Waals surface area contributed by atoms with E-state index in [-0.39, 0.29) is 17.6 Å². The number of nitrogens with one attached hydrogen (secondary N) is 2. The Labute approximate surface area is 207 Å². The SMILES string of the molecule is CCN=S1NC(C(C)CCc2ccccc2)C=Cc2c1cn(C)c2C(=O)Nc1ccc(F)c(F)c1. The molecule has 184 valence electrons. The summed E-state index contributed by atoms with van der Waals surface area (Å²) >= 11 is 0. The van der Waals surface area contributed by atoms with Gasteiger partial charge in [0.15, 0.2) is 11.6 Å². The molecule has 2 N–H and O–H groups in total. The third-order valence-corrected chi connectivity index (χ3v) is 7.86. The second kappa shape index (κ2) is 11.1. The van der Waals surface area contributed by atoms with Crippen LogP contribution in [0, 0.1) is 17.6 Å². The molecule has 0 saturated carbocycles. The molecular weight excluding hydrogens is 466 g/mol. The van der Waals surface area contributed by atoms with E-state index in [0.717, 1.165) is 35.4 Å². The summed E-state index contributed by atoms with van der Waals surface area (Å²) in [6.45, 7) is 4.87. The molecule has 3 aromatic rings. The summed E-state index contributed by atoms with van der Waals surface area (Å²) in [5.41, 5.74) is 2.75. The number of amides is 1. The van der Waals surface area contributed by atoms with Crippen molar-refractivity contribution in [3.05, 3.63) is 89.3 Å². The number of nitrogens with zero attached hydrogens (tertiary/aromatic N) is 2. The normalized spacial score (nSPS) is 18.2. The molecule has 1 aliphatic heterocycles. The number of hydrogen-bond donors (Lipinski definition) is 2. The summed E-state index contributed by atoms with van der Waals surface area (Å²) in [6, 6.07) is 13.9. The summed E-state index contributed by atoms with van der Waals surface area (Å²) in [5.74, 6) is -2.00. The number of aromatic nitrogens is 1. The minimum Gasteiger partial charge on any atom is -0.345 e. The smallest absolute Gasteiger partial charge is 0.272 e. The first-order valence-corrected chi connectivity index (χ1v) is 12.9. The van der Waals surface area contributed by atoms with Crippen LogP contribution in [0.1, 0.15) is 41.9 Å². The predicted molar refractivity (Wildman–Crippen MR) is 138 cm³/mol. The first kappa shape index (κ1) is 25.0. The lowest BCUT2D eigenvalue weighted by molar-refractivity contribution is 0.101. The van der Waals surface area contributed by atoms with E-state index in [2.05, 4.69) is 47.3 Å². The number of hydrogen-bond acceptors (Lipinski definition) is 2. The summed E-state index contributed by atoms with van der Waals surface area (Å²) in [6.07, 6.45) is 8.02. The number of fused-ring (bicyclic) bond motifs is 1. The van der Waals surface area contributed by atoms with Crippen molar-refractivity contribution in [2.24, 2.45) is 17.3 Å². The zero-order valence-electron chi connectivity index (χ0n) is 20.1. The van der Waals surface area contributed by atoms with Gasteiger partial charge in [0.2, 0.25) is 0 Å². The molecule has 3 unspecified atom stereocenters. The fraction of sp³-hybridized carbons (Fsp3) is 0.296. The molecule has 0 bridgehead atoms. The first-order chi connectivity index (χ1) is 16.9. The van der Waals surface area contributed by atoms with Gasteiger partial charge in [0.25, 0.3) is 5.91 Å². The van der Waals surface area contributed by atoms with Crippen LogP contribution in [0.15, 0.2) is 70.1 Å². The van der Waals surface area contributed by atoms with Gasteiger partial charge in [-0.3, -0.25) is 4.79 Å². The standard InChI is InChI=1S/C27H30F2N4OS/c1-4-30-35-25-17-33(3)26(27(34)31-20-12-14-22(28)23(29)16-20)21(25)13-15-24(32-35)18(2)10-11-19-8-6-5-7-9-19/h5-9,12-18,24H,4,10-11H2,1-3H3,(H,30,32)(H,31,34). The maximum absolute atomic E-state index is 13.6. The van der Waals surface area contributed by atoms with E-state index in [4.69, 9.17) is 4.36 Å². The van der Waals surface area contributed by atoms with E-state index in [9.17, 15) is 13.6 Å². The van der Waals surface area contributed by atoms with E-state index >= 15 is 0 Å². The van der Waals surface area contributed by atoms with Crippen molar-refractivity contribution in [2.75, 3.05) is 11.9 Å². The fourth-order valence-electron chi connectivity index (χ4n) is 4.17. The van der Waals surface area contributed by atoms with Gasteiger partial charge in [0.1, 0.15) is 5.69 Å². The van der Waals surface area contributed by atoms with Gasteiger partial charge < -0.3 is 9.88 Å². The second-order valence-corrected chi connectivity index (χ2v) is 10.2. The van der Waals surface area contributed by atoms with Gasteiger partial charge in [-0.15, -0.1) is 0 Å². The molecule has 0 fully saturated rings. The van der Waals surface area contributed by atoms with Crippen molar-refractivity contribution < 1.29 is 13.6 Å². The van der Waals surface area contributed by atoms with Crippen molar-refractivity contribution >= 4 is 28.5 Å². The molecule has 3 atom stereocenters. The van der Waals surface area contributed by atoms with Crippen molar-refractivity contribution in [3.8, 4) is 0 Å². The van der Waals surface area contributed by atoms with Gasteiger partial charge in [0, 0.05) is 54.0 Å². The van der Waals surface area contributed by atoms with E-state index in [0.29, 0.717) is 18.2 Å². The van der Waals surface area contributed by atoms with Crippen LogP contribution in [0.5, 0.6) is 0 Å². The molecule has 0 saturated heterocycles. The Kier molecular flexibility index (Phi) is 7.93. The molecule has 1 aromatic heterocycles. The van der Waals surface area contributed by atoms with Crippen molar-refractivity contribution in [2.45, 2.75) is 37.6 Å². The highest BCUT2D eigenvalue weighted by Gasteiger charge is 2.26. The summed E-state index contributed by atoms with van der Waals surface area (Å²) < 4.78 is 37.2. The highest BCUT2D eigenvalue weighted by molar-refractivity contribution is 7.85. The third kappa shape index (κ3) is 5.77. The van der Waals surface area contributed by atoms with Gasteiger partial charge >= 0.3 is 0 Å². The Balaban J connectivity index is 1.59. The molecule has 5 nitrogen and oxygen atoms in total. The van der Waals surface area contributed by atoms with Crippen LogP contribution in [0.4, 0.5) is 14.5 Å². The minimum absolute atomic E-state index is 0.0946. The Morgan fingerprint density at radius 3 is 2.69 bits per heavy atom. The highest BCUT2D eigenvalue weighted by Crippen LogP contribution is 2.28. The molecule has 1 aliphatic rings. The largest absolute Gasteiger partial charge is 0.345 e.